The lowest BCUT2D eigenvalue weighted by Gasteiger charge is -2.22. The SMILES string of the molecule is O=C(c1ccc(Br)c2ccccc12)C1COCCO1. The van der Waals surface area contributed by atoms with Crippen LogP contribution in [0.5, 0.6) is 0 Å². The highest BCUT2D eigenvalue weighted by atomic mass is 79.9. The average Bonchev–Trinajstić information content (AvgIpc) is 2.48. The summed E-state index contributed by atoms with van der Waals surface area (Å²) >= 11 is 3.51. The zero-order valence-electron chi connectivity index (χ0n) is 10.3. The predicted molar refractivity (Wildman–Crippen MR) is 76.5 cm³/mol. The third kappa shape index (κ3) is 2.43. The van der Waals surface area contributed by atoms with Gasteiger partial charge in [0.25, 0.3) is 0 Å². The lowest BCUT2D eigenvalue weighted by Crippen LogP contribution is -2.35. The van der Waals surface area contributed by atoms with Gasteiger partial charge in [-0.2, -0.15) is 0 Å². The highest BCUT2D eigenvalue weighted by Crippen LogP contribution is 2.28. The molecule has 1 aliphatic heterocycles. The molecule has 0 aromatic heterocycles. The van der Waals surface area contributed by atoms with E-state index in [9.17, 15) is 4.79 Å². The lowest BCUT2D eigenvalue weighted by molar-refractivity contribution is -0.0718. The zero-order chi connectivity index (χ0) is 13.2. The minimum Gasteiger partial charge on any atom is -0.376 e. The fourth-order valence-electron chi connectivity index (χ4n) is 2.29. The van der Waals surface area contributed by atoms with Crippen LogP contribution in [0.1, 0.15) is 10.4 Å². The Morgan fingerprint density at radius 2 is 1.89 bits per heavy atom. The van der Waals surface area contributed by atoms with Crippen molar-refractivity contribution >= 4 is 32.5 Å². The molecule has 1 unspecified atom stereocenters. The lowest BCUT2D eigenvalue weighted by atomic mass is 9.98. The number of Topliss-reactive ketones (excluding diaryl/α,β-unsaturated/α-hetero) is 1. The van der Waals surface area contributed by atoms with Crippen molar-refractivity contribution < 1.29 is 14.3 Å². The van der Waals surface area contributed by atoms with E-state index >= 15 is 0 Å². The summed E-state index contributed by atoms with van der Waals surface area (Å²) in [5.74, 6) is -0.0107. The monoisotopic (exact) mass is 320 g/mol. The van der Waals surface area contributed by atoms with Gasteiger partial charge in [0.05, 0.1) is 19.8 Å². The standard InChI is InChI=1S/C15H13BrO3/c16-13-6-5-12(10-3-1-2-4-11(10)13)15(17)14-9-18-7-8-19-14/h1-6,14H,7-9H2. The molecule has 1 aliphatic rings. The van der Waals surface area contributed by atoms with Gasteiger partial charge in [-0.3, -0.25) is 4.79 Å². The van der Waals surface area contributed by atoms with Gasteiger partial charge in [0.15, 0.2) is 5.78 Å². The summed E-state index contributed by atoms with van der Waals surface area (Å²) in [4.78, 5) is 12.5. The summed E-state index contributed by atoms with van der Waals surface area (Å²) in [6.45, 7) is 1.37. The van der Waals surface area contributed by atoms with Crippen molar-refractivity contribution in [2.75, 3.05) is 19.8 Å². The molecule has 4 heteroatoms. The Morgan fingerprint density at radius 3 is 2.63 bits per heavy atom. The molecule has 0 N–H and O–H groups in total. The van der Waals surface area contributed by atoms with Gasteiger partial charge in [-0.25, -0.2) is 0 Å². The summed E-state index contributed by atoms with van der Waals surface area (Å²) in [5, 5.41) is 1.97. The van der Waals surface area contributed by atoms with Gasteiger partial charge in [0, 0.05) is 10.0 Å². The summed E-state index contributed by atoms with van der Waals surface area (Å²) in [6.07, 6.45) is -0.488. The van der Waals surface area contributed by atoms with Gasteiger partial charge in [0.2, 0.25) is 0 Å². The van der Waals surface area contributed by atoms with Crippen LogP contribution >= 0.6 is 15.9 Å². The highest BCUT2D eigenvalue weighted by molar-refractivity contribution is 9.10. The Hall–Kier alpha value is -1.23. The topological polar surface area (TPSA) is 35.5 Å². The van der Waals surface area contributed by atoms with Crippen LogP contribution in [0, 0.1) is 0 Å². The fraction of sp³-hybridized carbons (Fsp3) is 0.267. The number of carbonyl (C=O) groups is 1. The van der Waals surface area contributed by atoms with Gasteiger partial charge in [-0.15, -0.1) is 0 Å². The van der Waals surface area contributed by atoms with E-state index in [-0.39, 0.29) is 5.78 Å². The number of halogens is 1. The molecule has 1 heterocycles. The van der Waals surface area contributed by atoms with Crippen molar-refractivity contribution in [2.24, 2.45) is 0 Å². The Morgan fingerprint density at radius 1 is 1.11 bits per heavy atom. The second-order valence-corrected chi connectivity index (χ2v) is 5.29. The normalized spacial score (nSPS) is 19.5. The quantitative estimate of drug-likeness (QED) is 0.797. The molecule has 3 nitrogen and oxygen atoms in total. The first-order valence-electron chi connectivity index (χ1n) is 6.18. The first-order chi connectivity index (χ1) is 9.27. The number of fused-ring (bicyclic) bond motifs is 1. The summed E-state index contributed by atoms with van der Waals surface area (Å²) < 4.78 is 11.8. The molecule has 3 rings (SSSR count). The number of benzene rings is 2. The molecule has 0 aliphatic carbocycles. The van der Waals surface area contributed by atoms with Crippen molar-refractivity contribution in [3.63, 3.8) is 0 Å². The molecule has 0 saturated carbocycles. The molecule has 0 radical (unpaired) electrons. The molecule has 1 saturated heterocycles. The largest absolute Gasteiger partial charge is 0.376 e. The van der Waals surface area contributed by atoms with E-state index < -0.39 is 6.10 Å². The van der Waals surface area contributed by atoms with E-state index in [4.69, 9.17) is 9.47 Å². The van der Waals surface area contributed by atoms with Crippen LogP contribution in [0.2, 0.25) is 0 Å². The predicted octanol–water partition coefficient (Wildman–Crippen LogP) is 3.20. The second kappa shape index (κ2) is 5.41. The van der Waals surface area contributed by atoms with Crippen molar-refractivity contribution in [3.05, 3.63) is 46.4 Å². The van der Waals surface area contributed by atoms with E-state index in [0.29, 0.717) is 25.4 Å². The summed E-state index contributed by atoms with van der Waals surface area (Å²) in [5.41, 5.74) is 0.689. The van der Waals surface area contributed by atoms with Gasteiger partial charge in [0.1, 0.15) is 6.10 Å². The Kier molecular flexibility index (Phi) is 3.64. The molecule has 19 heavy (non-hydrogen) atoms. The second-order valence-electron chi connectivity index (χ2n) is 4.44. The minimum absolute atomic E-state index is 0.0107. The Bertz CT molecular complexity index is 618. The number of carbonyl (C=O) groups excluding carboxylic acids is 1. The maximum absolute atomic E-state index is 12.5. The number of ether oxygens (including phenoxy) is 2. The number of hydrogen-bond donors (Lipinski definition) is 0. The Balaban J connectivity index is 2.05. The number of ketones is 1. The number of rotatable bonds is 2. The molecular weight excluding hydrogens is 308 g/mol. The smallest absolute Gasteiger partial charge is 0.194 e. The molecule has 1 fully saturated rings. The van der Waals surface area contributed by atoms with E-state index in [2.05, 4.69) is 15.9 Å². The van der Waals surface area contributed by atoms with Gasteiger partial charge < -0.3 is 9.47 Å². The molecule has 0 bridgehead atoms. The first-order valence-corrected chi connectivity index (χ1v) is 6.97. The van der Waals surface area contributed by atoms with Crippen molar-refractivity contribution in [2.45, 2.75) is 6.10 Å². The van der Waals surface area contributed by atoms with Crippen LogP contribution in [-0.4, -0.2) is 31.7 Å². The first kappa shape index (κ1) is 12.8. The molecule has 0 spiro atoms. The third-order valence-corrected chi connectivity index (χ3v) is 3.94. The van der Waals surface area contributed by atoms with E-state index in [1.807, 2.05) is 36.4 Å². The summed E-state index contributed by atoms with van der Waals surface area (Å²) in [6, 6.07) is 11.6. The number of hydrogen-bond acceptors (Lipinski definition) is 3. The van der Waals surface area contributed by atoms with Crippen LogP contribution in [0.15, 0.2) is 40.9 Å². The molecule has 2 aromatic carbocycles. The Labute approximate surface area is 119 Å². The molecule has 98 valence electrons. The average molecular weight is 321 g/mol. The van der Waals surface area contributed by atoms with E-state index in [1.165, 1.54) is 0 Å². The van der Waals surface area contributed by atoms with Crippen LogP contribution in [-0.2, 0) is 9.47 Å². The maximum atomic E-state index is 12.5. The van der Waals surface area contributed by atoms with E-state index in [1.54, 1.807) is 0 Å². The van der Waals surface area contributed by atoms with Crippen LogP contribution in [0.25, 0.3) is 10.8 Å². The molecule has 0 amide bonds. The van der Waals surface area contributed by atoms with Gasteiger partial charge in [-0.1, -0.05) is 40.2 Å². The molecular formula is C15H13BrO3. The zero-order valence-corrected chi connectivity index (χ0v) is 11.9. The molecule has 2 aromatic rings. The minimum atomic E-state index is -0.488. The van der Waals surface area contributed by atoms with Crippen molar-refractivity contribution in [1.29, 1.82) is 0 Å². The third-order valence-electron chi connectivity index (χ3n) is 3.24. The van der Waals surface area contributed by atoms with Crippen LogP contribution < -0.4 is 0 Å². The van der Waals surface area contributed by atoms with Gasteiger partial charge >= 0.3 is 0 Å². The maximum Gasteiger partial charge on any atom is 0.194 e. The summed E-state index contributed by atoms with van der Waals surface area (Å²) in [7, 11) is 0. The van der Waals surface area contributed by atoms with Crippen LogP contribution in [0.3, 0.4) is 0 Å². The van der Waals surface area contributed by atoms with Gasteiger partial charge in [-0.05, 0) is 22.9 Å². The molecule has 1 atom stereocenters. The van der Waals surface area contributed by atoms with E-state index in [0.717, 1.165) is 15.2 Å². The van der Waals surface area contributed by atoms with Crippen molar-refractivity contribution in [1.82, 2.24) is 0 Å². The highest BCUT2D eigenvalue weighted by Gasteiger charge is 2.25. The van der Waals surface area contributed by atoms with Crippen LogP contribution in [0.4, 0.5) is 0 Å². The fourth-order valence-corrected chi connectivity index (χ4v) is 2.77. The van der Waals surface area contributed by atoms with Crippen molar-refractivity contribution in [3.8, 4) is 0 Å².